The molecule has 0 radical (unpaired) electrons. The van der Waals surface area contributed by atoms with Gasteiger partial charge in [-0.15, -0.1) is 0 Å². The van der Waals surface area contributed by atoms with Crippen LogP contribution >= 0.6 is 0 Å². The molecular formula is C20H25NO5S. The van der Waals surface area contributed by atoms with Crippen LogP contribution in [0.3, 0.4) is 0 Å². The fourth-order valence-corrected chi connectivity index (χ4v) is 3.91. The number of nitrogens with zero attached hydrogens (tertiary/aromatic N) is 1. The molecule has 0 amide bonds. The van der Waals surface area contributed by atoms with Crippen molar-refractivity contribution in [2.45, 2.75) is 38.0 Å². The SMILES string of the molecule is CCC(=O)C(C)(CCn1ccc(-c2ccc(OC)cc2)cc1=O)S(C)(=O)=O. The van der Waals surface area contributed by atoms with Crippen molar-refractivity contribution in [1.29, 1.82) is 0 Å². The van der Waals surface area contributed by atoms with Crippen LogP contribution in [0.5, 0.6) is 5.75 Å². The summed E-state index contributed by atoms with van der Waals surface area (Å²) in [7, 11) is -2.01. The smallest absolute Gasteiger partial charge is 0.251 e. The molecule has 1 heterocycles. The first kappa shape index (κ1) is 20.9. The number of rotatable bonds is 8. The maximum atomic E-state index is 12.4. The second kappa shape index (κ2) is 8.08. The van der Waals surface area contributed by atoms with E-state index < -0.39 is 14.6 Å². The lowest BCUT2D eigenvalue weighted by Gasteiger charge is -2.26. The number of sulfone groups is 1. The standard InChI is InChI=1S/C20H25NO5S/c1-5-18(22)20(2,27(4,24)25)11-13-21-12-10-16(14-19(21)23)15-6-8-17(26-3)9-7-15/h6-10,12,14H,5,11,13H2,1-4H3. The largest absolute Gasteiger partial charge is 0.497 e. The number of ether oxygens (including phenoxy) is 1. The summed E-state index contributed by atoms with van der Waals surface area (Å²) in [5.41, 5.74) is 1.39. The Morgan fingerprint density at radius 1 is 1.15 bits per heavy atom. The van der Waals surface area contributed by atoms with Gasteiger partial charge in [0.1, 0.15) is 10.5 Å². The van der Waals surface area contributed by atoms with Crippen molar-refractivity contribution < 1.29 is 17.9 Å². The summed E-state index contributed by atoms with van der Waals surface area (Å²) in [6, 6.07) is 10.6. The lowest BCUT2D eigenvalue weighted by molar-refractivity contribution is -0.121. The van der Waals surface area contributed by atoms with Crippen molar-refractivity contribution in [2.75, 3.05) is 13.4 Å². The van der Waals surface area contributed by atoms with Crippen LogP contribution in [0.25, 0.3) is 11.1 Å². The number of methoxy groups -OCH3 is 1. The highest BCUT2D eigenvalue weighted by Gasteiger charge is 2.41. The van der Waals surface area contributed by atoms with Gasteiger partial charge in [0.15, 0.2) is 15.6 Å². The first-order chi connectivity index (χ1) is 12.6. The summed E-state index contributed by atoms with van der Waals surface area (Å²) in [5.74, 6) is 0.389. The number of ketones is 1. The molecule has 1 aromatic heterocycles. The summed E-state index contributed by atoms with van der Waals surface area (Å²) in [4.78, 5) is 24.6. The first-order valence-electron chi connectivity index (χ1n) is 8.70. The predicted molar refractivity (Wildman–Crippen MR) is 106 cm³/mol. The zero-order valence-corrected chi connectivity index (χ0v) is 16.9. The third kappa shape index (κ3) is 4.47. The fourth-order valence-electron chi connectivity index (χ4n) is 2.89. The highest BCUT2D eigenvalue weighted by molar-refractivity contribution is 7.92. The van der Waals surface area contributed by atoms with Crippen molar-refractivity contribution in [3.05, 3.63) is 52.9 Å². The van der Waals surface area contributed by atoms with Crippen LogP contribution in [0.1, 0.15) is 26.7 Å². The van der Waals surface area contributed by atoms with Gasteiger partial charge >= 0.3 is 0 Å². The van der Waals surface area contributed by atoms with E-state index in [-0.39, 0.29) is 30.7 Å². The number of carbonyl (C=O) groups is 1. The maximum Gasteiger partial charge on any atom is 0.251 e. The fraction of sp³-hybridized carbons (Fsp3) is 0.400. The quantitative estimate of drug-likeness (QED) is 0.691. The molecule has 27 heavy (non-hydrogen) atoms. The number of hydrogen-bond acceptors (Lipinski definition) is 5. The van der Waals surface area contributed by atoms with E-state index in [1.807, 2.05) is 24.3 Å². The van der Waals surface area contributed by atoms with E-state index in [0.29, 0.717) is 0 Å². The highest BCUT2D eigenvalue weighted by Crippen LogP contribution is 2.25. The molecule has 0 aliphatic heterocycles. The van der Waals surface area contributed by atoms with Gasteiger partial charge in [-0.2, -0.15) is 0 Å². The number of pyridine rings is 1. The first-order valence-corrected chi connectivity index (χ1v) is 10.6. The molecule has 1 atom stereocenters. The molecule has 0 aliphatic rings. The molecule has 0 aliphatic carbocycles. The van der Waals surface area contributed by atoms with Crippen molar-refractivity contribution in [3.63, 3.8) is 0 Å². The third-order valence-corrected chi connectivity index (χ3v) is 7.05. The molecule has 6 nitrogen and oxygen atoms in total. The molecule has 7 heteroatoms. The number of aryl methyl sites for hydroxylation is 1. The summed E-state index contributed by atoms with van der Waals surface area (Å²) in [6.07, 6.45) is 2.88. The molecule has 0 fully saturated rings. The average molecular weight is 391 g/mol. The van der Waals surface area contributed by atoms with Crippen LogP contribution in [0.4, 0.5) is 0 Å². The minimum atomic E-state index is -3.59. The van der Waals surface area contributed by atoms with E-state index >= 15 is 0 Å². The summed E-state index contributed by atoms with van der Waals surface area (Å²) < 4.78 is 29.3. The highest BCUT2D eigenvalue weighted by atomic mass is 32.2. The molecule has 1 unspecified atom stereocenters. The topological polar surface area (TPSA) is 82.4 Å². The molecule has 0 N–H and O–H groups in total. The van der Waals surface area contributed by atoms with E-state index in [1.165, 1.54) is 17.6 Å². The Bertz CT molecular complexity index is 976. The summed E-state index contributed by atoms with van der Waals surface area (Å²) in [5, 5.41) is 0. The monoisotopic (exact) mass is 391 g/mol. The number of benzene rings is 1. The molecule has 1 aromatic carbocycles. The Balaban J connectivity index is 2.25. The molecular weight excluding hydrogens is 366 g/mol. The Labute approximate surface area is 159 Å². The van der Waals surface area contributed by atoms with E-state index in [4.69, 9.17) is 4.74 Å². The number of aromatic nitrogens is 1. The zero-order valence-electron chi connectivity index (χ0n) is 16.1. The minimum Gasteiger partial charge on any atom is -0.497 e. The molecule has 146 valence electrons. The van der Waals surface area contributed by atoms with Crippen LogP contribution in [0.2, 0.25) is 0 Å². The lowest BCUT2D eigenvalue weighted by Crippen LogP contribution is -2.44. The Morgan fingerprint density at radius 2 is 1.78 bits per heavy atom. The normalized spacial score (nSPS) is 13.8. The minimum absolute atomic E-state index is 0.0558. The van der Waals surface area contributed by atoms with Crippen molar-refractivity contribution in [1.82, 2.24) is 4.57 Å². The summed E-state index contributed by atoms with van der Waals surface area (Å²) >= 11 is 0. The van der Waals surface area contributed by atoms with Gasteiger partial charge < -0.3 is 9.30 Å². The van der Waals surface area contributed by atoms with E-state index in [0.717, 1.165) is 23.1 Å². The number of hydrogen-bond donors (Lipinski definition) is 0. The van der Waals surface area contributed by atoms with Crippen LogP contribution in [0.15, 0.2) is 47.4 Å². The van der Waals surface area contributed by atoms with Crippen molar-refractivity contribution >= 4 is 15.6 Å². The average Bonchev–Trinajstić information content (AvgIpc) is 2.65. The second-order valence-corrected chi connectivity index (χ2v) is 9.15. The van der Waals surface area contributed by atoms with Gasteiger partial charge in [-0.25, -0.2) is 8.42 Å². The molecule has 2 rings (SSSR count). The van der Waals surface area contributed by atoms with E-state index in [1.54, 1.807) is 26.3 Å². The lowest BCUT2D eigenvalue weighted by atomic mass is 9.99. The molecule has 2 aromatic rings. The van der Waals surface area contributed by atoms with Crippen LogP contribution in [-0.2, 0) is 21.2 Å². The van der Waals surface area contributed by atoms with Gasteiger partial charge in [-0.1, -0.05) is 19.1 Å². The Hall–Kier alpha value is -2.41. The van der Waals surface area contributed by atoms with Gasteiger partial charge in [0.25, 0.3) is 5.56 Å². The predicted octanol–water partition coefficient (Wildman–Crippen LogP) is 2.70. The van der Waals surface area contributed by atoms with Gasteiger partial charge in [-0.3, -0.25) is 9.59 Å². The molecule has 0 saturated heterocycles. The van der Waals surface area contributed by atoms with Gasteiger partial charge in [0.05, 0.1) is 7.11 Å². The number of Topliss-reactive ketones (excluding diaryl/α,β-unsaturated/α-hetero) is 1. The van der Waals surface area contributed by atoms with Crippen molar-refractivity contribution in [2.24, 2.45) is 0 Å². The Morgan fingerprint density at radius 3 is 2.26 bits per heavy atom. The Kier molecular flexibility index (Phi) is 6.26. The van der Waals surface area contributed by atoms with Crippen LogP contribution in [0, 0.1) is 0 Å². The van der Waals surface area contributed by atoms with Crippen molar-refractivity contribution in [3.8, 4) is 16.9 Å². The summed E-state index contributed by atoms with van der Waals surface area (Å²) in [6.45, 7) is 3.23. The van der Waals surface area contributed by atoms with Gasteiger partial charge in [-0.05, 0) is 42.7 Å². The maximum absolute atomic E-state index is 12.4. The molecule has 0 spiro atoms. The van der Waals surface area contributed by atoms with Gasteiger partial charge in [0.2, 0.25) is 0 Å². The van der Waals surface area contributed by atoms with Crippen LogP contribution in [-0.4, -0.2) is 36.9 Å². The van der Waals surface area contributed by atoms with Gasteiger partial charge in [0, 0.05) is 31.5 Å². The zero-order chi connectivity index (χ0) is 20.2. The molecule has 0 bridgehead atoms. The molecule has 0 saturated carbocycles. The van der Waals surface area contributed by atoms with E-state index in [2.05, 4.69) is 0 Å². The third-order valence-electron chi connectivity index (χ3n) is 4.98. The van der Waals surface area contributed by atoms with E-state index in [9.17, 15) is 18.0 Å². The number of carbonyl (C=O) groups excluding carboxylic acids is 1. The van der Waals surface area contributed by atoms with Crippen LogP contribution < -0.4 is 10.3 Å². The second-order valence-electron chi connectivity index (χ2n) is 6.71.